The molecule has 1 fully saturated rings. The van der Waals surface area contributed by atoms with Crippen molar-refractivity contribution in [2.45, 2.75) is 44.7 Å². The zero-order valence-electron chi connectivity index (χ0n) is 8.78. The van der Waals surface area contributed by atoms with E-state index in [1.165, 1.54) is 6.92 Å². The first kappa shape index (κ1) is 12.4. The van der Waals surface area contributed by atoms with Crippen LogP contribution in [0, 0.1) is 0 Å². The normalized spacial score (nSPS) is 20.9. The molecule has 0 aromatic rings. The van der Waals surface area contributed by atoms with Crippen LogP contribution in [-0.4, -0.2) is 31.1 Å². The fourth-order valence-corrected chi connectivity index (χ4v) is 2.57. The summed E-state index contributed by atoms with van der Waals surface area (Å²) in [6, 6.07) is -0.0302. The minimum absolute atomic E-state index is 0.0302. The second-order valence-electron chi connectivity index (χ2n) is 3.99. The third-order valence-corrected chi connectivity index (χ3v) is 3.80. The molecule has 1 aliphatic rings. The third-order valence-electron chi connectivity index (χ3n) is 2.44. The van der Waals surface area contributed by atoms with Crippen LogP contribution < -0.4 is 9.44 Å². The topological polar surface area (TPSA) is 95.5 Å². The molecule has 0 radical (unpaired) electrons. The summed E-state index contributed by atoms with van der Waals surface area (Å²) in [6.45, 7) is 2.97. The van der Waals surface area contributed by atoms with Crippen molar-refractivity contribution in [2.24, 2.45) is 0 Å². The van der Waals surface area contributed by atoms with Crippen molar-refractivity contribution in [3.8, 4) is 0 Å². The molecule has 1 unspecified atom stereocenters. The van der Waals surface area contributed by atoms with Crippen LogP contribution in [0.3, 0.4) is 0 Å². The Morgan fingerprint density at radius 2 is 2.07 bits per heavy atom. The van der Waals surface area contributed by atoms with Crippen LogP contribution in [0.15, 0.2) is 0 Å². The lowest BCUT2D eigenvalue weighted by Crippen LogP contribution is -2.55. The van der Waals surface area contributed by atoms with E-state index in [2.05, 4.69) is 9.44 Å². The van der Waals surface area contributed by atoms with Gasteiger partial charge in [-0.3, -0.25) is 4.79 Å². The van der Waals surface area contributed by atoms with Crippen LogP contribution in [0.4, 0.5) is 0 Å². The summed E-state index contributed by atoms with van der Waals surface area (Å²) in [5.74, 6) is -1.17. The Labute approximate surface area is 89.2 Å². The molecule has 3 N–H and O–H groups in total. The molecule has 0 spiro atoms. The predicted molar refractivity (Wildman–Crippen MR) is 54.5 cm³/mol. The summed E-state index contributed by atoms with van der Waals surface area (Å²) >= 11 is 0. The minimum atomic E-state index is -3.71. The Balaban J connectivity index is 2.68. The van der Waals surface area contributed by atoms with Crippen LogP contribution in [0.1, 0.15) is 33.1 Å². The molecule has 7 heteroatoms. The molecular formula is C8H16N2O4S. The molecule has 0 aromatic carbocycles. The first-order valence-electron chi connectivity index (χ1n) is 4.84. The van der Waals surface area contributed by atoms with E-state index in [0.717, 1.165) is 12.8 Å². The Morgan fingerprint density at radius 3 is 2.40 bits per heavy atom. The highest BCUT2D eigenvalue weighted by Crippen LogP contribution is 2.20. The maximum Gasteiger partial charge on any atom is 0.324 e. The van der Waals surface area contributed by atoms with E-state index in [1.807, 2.05) is 0 Å². The molecule has 0 heterocycles. The smallest absolute Gasteiger partial charge is 0.324 e. The van der Waals surface area contributed by atoms with Gasteiger partial charge in [0.25, 0.3) is 10.2 Å². The van der Waals surface area contributed by atoms with Crippen LogP contribution in [-0.2, 0) is 15.0 Å². The van der Waals surface area contributed by atoms with Crippen molar-refractivity contribution < 1.29 is 18.3 Å². The van der Waals surface area contributed by atoms with E-state index in [4.69, 9.17) is 5.11 Å². The number of hydrogen-bond donors (Lipinski definition) is 3. The summed E-state index contributed by atoms with van der Waals surface area (Å²) in [5, 5.41) is 8.89. The van der Waals surface area contributed by atoms with E-state index in [1.54, 1.807) is 6.92 Å². The van der Waals surface area contributed by atoms with Gasteiger partial charge >= 0.3 is 5.97 Å². The molecule has 1 aliphatic carbocycles. The van der Waals surface area contributed by atoms with E-state index in [-0.39, 0.29) is 12.5 Å². The highest BCUT2D eigenvalue weighted by Gasteiger charge is 2.37. The summed E-state index contributed by atoms with van der Waals surface area (Å²) < 4.78 is 27.5. The molecule has 1 rings (SSSR count). The minimum Gasteiger partial charge on any atom is -0.480 e. The second kappa shape index (κ2) is 4.07. The Kier molecular flexibility index (Phi) is 3.37. The number of nitrogens with one attached hydrogen (secondary N) is 2. The fraction of sp³-hybridized carbons (Fsp3) is 0.875. The maximum absolute atomic E-state index is 11.5. The molecule has 6 nitrogen and oxygen atoms in total. The zero-order valence-corrected chi connectivity index (χ0v) is 9.60. The number of carbonyl (C=O) groups is 1. The first-order valence-corrected chi connectivity index (χ1v) is 6.32. The lowest BCUT2D eigenvalue weighted by molar-refractivity contribution is -0.143. The fourth-order valence-electron chi connectivity index (χ4n) is 1.01. The van der Waals surface area contributed by atoms with E-state index in [9.17, 15) is 13.2 Å². The highest BCUT2D eigenvalue weighted by atomic mass is 32.2. The van der Waals surface area contributed by atoms with Crippen molar-refractivity contribution >= 4 is 16.2 Å². The molecule has 0 saturated heterocycles. The molecule has 0 aliphatic heterocycles. The van der Waals surface area contributed by atoms with E-state index < -0.39 is 21.7 Å². The van der Waals surface area contributed by atoms with Crippen LogP contribution in [0.25, 0.3) is 0 Å². The van der Waals surface area contributed by atoms with Gasteiger partial charge in [0.05, 0.1) is 0 Å². The largest absolute Gasteiger partial charge is 0.480 e. The van der Waals surface area contributed by atoms with Crippen molar-refractivity contribution in [1.82, 2.24) is 9.44 Å². The number of hydrogen-bond acceptors (Lipinski definition) is 3. The van der Waals surface area contributed by atoms with Gasteiger partial charge in [-0.2, -0.15) is 17.9 Å². The molecular weight excluding hydrogens is 220 g/mol. The van der Waals surface area contributed by atoms with Crippen LogP contribution in [0.5, 0.6) is 0 Å². The van der Waals surface area contributed by atoms with Gasteiger partial charge in [-0.25, -0.2) is 0 Å². The van der Waals surface area contributed by atoms with Gasteiger partial charge in [0, 0.05) is 6.04 Å². The molecule has 88 valence electrons. The summed E-state index contributed by atoms with van der Waals surface area (Å²) in [5.41, 5.74) is -1.44. The number of aliphatic carboxylic acids is 1. The van der Waals surface area contributed by atoms with Gasteiger partial charge in [0.2, 0.25) is 0 Å². The monoisotopic (exact) mass is 236 g/mol. The van der Waals surface area contributed by atoms with Gasteiger partial charge in [-0.05, 0) is 26.2 Å². The molecule has 0 aromatic heterocycles. The quantitative estimate of drug-likeness (QED) is 0.596. The zero-order chi connectivity index (χ0) is 11.7. The van der Waals surface area contributed by atoms with Crippen molar-refractivity contribution in [1.29, 1.82) is 0 Å². The Bertz CT molecular complexity index is 350. The Hall–Kier alpha value is -0.660. The SMILES string of the molecule is CCC(C)(NS(=O)(=O)NC1CC1)C(=O)O. The van der Waals surface area contributed by atoms with Gasteiger partial charge in [-0.15, -0.1) is 0 Å². The number of rotatable bonds is 6. The molecule has 1 saturated carbocycles. The first-order chi connectivity index (χ1) is 6.79. The third kappa shape index (κ3) is 3.44. The van der Waals surface area contributed by atoms with Gasteiger partial charge in [0.15, 0.2) is 0 Å². The van der Waals surface area contributed by atoms with Gasteiger partial charge in [0.1, 0.15) is 5.54 Å². The van der Waals surface area contributed by atoms with Crippen molar-refractivity contribution in [3.63, 3.8) is 0 Å². The van der Waals surface area contributed by atoms with E-state index >= 15 is 0 Å². The molecule has 1 atom stereocenters. The van der Waals surface area contributed by atoms with Gasteiger partial charge in [-0.1, -0.05) is 6.92 Å². The summed E-state index contributed by atoms with van der Waals surface area (Å²) in [7, 11) is -3.71. The maximum atomic E-state index is 11.5. The summed E-state index contributed by atoms with van der Waals surface area (Å²) in [6.07, 6.45) is 1.82. The molecule has 0 bridgehead atoms. The van der Waals surface area contributed by atoms with Crippen LogP contribution >= 0.6 is 0 Å². The average Bonchev–Trinajstić information content (AvgIpc) is 2.86. The molecule has 0 amide bonds. The number of carboxylic acids is 1. The standard InChI is InChI=1S/C8H16N2O4S/c1-3-8(2,7(11)12)10-15(13,14)9-6-4-5-6/h6,9-10H,3-5H2,1-2H3,(H,11,12). The van der Waals surface area contributed by atoms with Crippen molar-refractivity contribution in [2.75, 3.05) is 0 Å². The molecule has 15 heavy (non-hydrogen) atoms. The van der Waals surface area contributed by atoms with Gasteiger partial charge < -0.3 is 5.11 Å². The summed E-state index contributed by atoms with van der Waals surface area (Å²) in [4.78, 5) is 10.9. The predicted octanol–water partition coefficient (Wildman–Crippen LogP) is -0.174. The van der Waals surface area contributed by atoms with Crippen molar-refractivity contribution in [3.05, 3.63) is 0 Å². The average molecular weight is 236 g/mol. The number of carboxylic acid groups (broad SMARTS) is 1. The second-order valence-corrected chi connectivity index (χ2v) is 5.44. The Morgan fingerprint density at radius 1 is 1.53 bits per heavy atom. The highest BCUT2D eigenvalue weighted by molar-refractivity contribution is 7.87. The lowest BCUT2D eigenvalue weighted by Gasteiger charge is -2.24. The van der Waals surface area contributed by atoms with E-state index in [0.29, 0.717) is 0 Å². The van der Waals surface area contributed by atoms with Crippen LogP contribution in [0.2, 0.25) is 0 Å². The lowest BCUT2D eigenvalue weighted by atomic mass is 10.0.